The van der Waals surface area contributed by atoms with E-state index in [4.69, 9.17) is 14.2 Å². The molecule has 0 rings (SSSR count). The Morgan fingerprint density at radius 2 is 0.470 bits per heavy atom. The van der Waals surface area contributed by atoms with Crippen molar-refractivity contribution >= 4 is 17.9 Å². The van der Waals surface area contributed by atoms with Gasteiger partial charge >= 0.3 is 17.9 Å². The Morgan fingerprint density at radius 3 is 0.735 bits per heavy atom. The molecule has 0 N–H and O–H groups in total. The second-order valence-corrected chi connectivity index (χ2v) is 22.7. The molecule has 1 unspecified atom stereocenters. The van der Waals surface area contributed by atoms with Crippen LogP contribution in [0.3, 0.4) is 0 Å². The van der Waals surface area contributed by atoms with E-state index in [9.17, 15) is 14.4 Å². The van der Waals surface area contributed by atoms with Crippen LogP contribution in [0.5, 0.6) is 0 Å². The van der Waals surface area contributed by atoms with Crippen LogP contribution in [0.4, 0.5) is 0 Å². The topological polar surface area (TPSA) is 78.9 Å². The average molecular weight is 1150 g/mol. The first-order valence-corrected chi connectivity index (χ1v) is 34.7. The van der Waals surface area contributed by atoms with Gasteiger partial charge in [-0.15, -0.1) is 0 Å². The Balaban J connectivity index is 4.44. The molecule has 0 aromatic rings. The lowest BCUT2D eigenvalue weighted by Gasteiger charge is -2.18. The van der Waals surface area contributed by atoms with Crippen molar-refractivity contribution in [1.29, 1.82) is 0 Å². The molecule has 0 aromatic carbocycles. The zero-order chi connectivity index (χ0) is 59.9. The predicted molar refractivity (Wildman–Crippen MR) is 362 cm³/mol. The molecule has 6 heteroatoms. The number of esters is 3. The number of carbonyl (C=O) groups excluding carboxylic acids is 3. The maximum absolute atomic E-state index is 13.0. The van der Waals surface area contributed by atoms with Crippen LogP contribution in [0.15, 0.2) is 134 Å². The molecule has 0 saturated carbocycles. The molecule has 0 bridgehead atoms. The zero-order valence-corrected chi connectivity index (χ0v) is 54.2. The highest BCUT2D eigenvalue weighted by Crippen LogP contribution is 2.16. The fourth-order valence-corrected chi connectivity index (χ4v) is 9.43. The minimum Gasteiger partial charge on any atom is -0.462 e. The second kappa shape index (κ2) is 70.0. The van der Waals surface area contributed by atoms with Crippen molar-refractivity contribution in [1.82, 2.24) is 0 Å². The van der Waals surface area contributed by atoms with Gasteiger partial charge < -0.3 is 14.2 Å². The van der Waals surface area contributed by atoms with Gasteiger partial charge in [-0.25, -0.2) is 0 Å². The monoisotopic (exact) mass is 1150 g/mol. The molecule has 0 aromatic heterocycles. The Hall–Kier alpha value is -4.45. The molecule has 0 heterocycles. The van der Waals surface area contributed by atoms with Crippen LogP contribution in [0.1, 0.15) is 316 Å². The van der Waals surface area contributed by atoms with Gasteiger partial charge in [-0.05, 0) is 141 Å². The number of unbranched alkanes of at least 4 members (excludes halogenated alkanes) is 29. The molecule has 1 atom stereocenters. The number of hydrogen-bond donors (Lipinski definition) is 0. The molecular weight excluding hydrogens is 1020 g/mol. The fourth-order valence-electron chi connectivity index (χ4n) is 9.43. The van der Waals surface area contributed by atoms with Crippen LogP contribution in [-0.4, -0.2) is 37.2 Å². The predicted octanol–water partition coefficient (Wildman–Crippen LogP) is 24.1. The molecule has 83 heavy (non-hydrogen) atoms. The Bertz CT molecular complexity index is 1750. The van der Waals surface area contributed by atoms with E-state index in [1.807, 2.05) is 0 Å². The maximum Gasteiger partial charge on any atom is 0.306 e. The summed E-state index contributed by atoms with van der Waals surface area (Å²) in [5, 5.41) is 0. The highest BCUT2D eigenvalue weighted by Gasteiger charge is 2.19. The lowest BCUT2D eigenvalue weighted by Crippen LogP contribution is -2.30. The van der Waals surface area contributed by atoms with Gasteiger partial charge in [0.2, 0.25) is 0 Å². The van der Waals surface area contributed by atoms with Gasteiger partial charge in [0.1, 0.15) is 13.2 Å². The highest BCUT2D eigenvalue weighted by atomic mass is 16.6. The first kappa shape index (κ1) is 78.5. The van der Waals surface area contributed by atoms with Crippen molar-refractivity contribution in [3.63, 3.8) is 0 Å². The molecular formula is C77H128O6. The Morgan fingerprint density at radius 1 is 0.253 bits per heavy atom. The van der Waals surface area contributed by atoms with E-state index >= 15 is 0 Å². The van der Waals surface area contributed by atoms with Gasteiger partial charge in [0.05, 0.1) is 0 Å². The van der Waals surface area contributed by atoms with Crippen LogP contribution in [0.2, 0.25) is 0 Å². The quantitative estimate of drug-likeness (QED) is 0.0261. The van der Waals surface area contributed by atoms with E-state index in [1.54, 1.807) is 0 Å². The lowest BCUT2D eigenvalue weighted by atomic mass is 10.1. The number of ether oxygens (including phenoxy) is 3. The van der Waals surface area contributed by atoms with Crippen molar-refractivity contribution in [2.75, 3.05) is 13.2 Å². The van der Waals surface area contributed by atoms with Crippen LogP contribution in [-0.2, 0) is 28.6 Å². The second-order valence-electron chi connectivity index (χ2n) is 22.7. The number of rotatable bonds is 62. The third kappa shape index (κ3) is 68.2. The fraction of sp³-hybridized carbons (Fsp3) is 0.675. The van der Waals surface area contributed by atoms with E-state index in [-0.39, 0.29) is 31.1 Å². The van der Waals surface area contributed by atoms with Gasteiger partial charge in [-0.1, -0.05) is 289 Å². The van der Waals surface area contributed by atoms with Gasteiger partial charge in [-0.3, -0.25) is 14.4 Å². The zero-order valence-electron chi connectivity index (χ0n) is 54.2. The van der Waals surface area contributed by atoms with Crippen LogP contribution in [0, 0.1) is 0 Å². The summed E-state index contributed by atoms with van der Waals surface area (Å²) in [6.07, 6.45) is 98.8. The SMILES string of the molecule is CC/C=C\C/C=C\C/C=C\C/C=C\C/C=C\C/C=C\C/C=C\CCCCCCCC(=O)OCC(COC(=O)CCCCCCCCCCC/C=C\C/C=C\CCCCC)OC(=O)CCCCCCCCCCC/C=C\C/C=C\CCCCC. The molecule has 0 amide bonds. The third-order valence-electron chi connectivity index (χ3n) is 14.6. The van der Waals surface area contributed by atoms with Gasteiger partial charge in [-0.2, -0.15) is 0 Å². The maximum atomic E-state index is 13.0. The lowest BCUT2D eigenvalue weighted by molar-refractivity contribution is -0.167. The summed E-state index contributed by atoms with van der Waals surface area (Å²) in [5.41, 5.74) is 0. The van der Waals surface area contributed by atoms with Crippen LogP contribution >= 0.6 is 0 Å². The Labute approximate surface area is 513 Å². The van der Waals surface area contributed by atoms with E-state index in [0.717, 1.165) is 135 Å². The third-order valence-corrected chi connectivity index (χ3v) is 14.6. The van der Waals surface area contributed by atoms with Crippen molar-refractivity contribution < 1.29 is 28.6 Å². The van der Waals surface area contributed by atoms with E-state index in [2.05, 4.69) is 154 Å². The Kier molecular flexibility index (Phi) is 66.3. The van der Waals surface area contributed by atoms with Crippen molar-refractivity contribution in [3.05, 3.63) is 134 Å². The normalized spacial score (nSPS) is 13.0. The summed E-state index contributed by atoms with van der Waals surface area (Å²) >= 11 is 0. The summed E-state index contributed by atoms with van der Waals surface area (Å²) in [6.45, 7) is 6.48. The molecule has 0 saturated heterocycles. The molecule has 0 radical (unpaired) electrons. The highest BCUT2D eigenvalue weighted by molar-refractivity contribution is 5.71. The largest absolute Gasteiger partial charge is 0.462 e. The first-order chi connectivity index (χ1) is 41.0. The standard InChI is InChI=1S/C77H128O6/c1-4-7-10-13-16-19-22-25-28-31-34-35-36-37-38-39-40-41-44-46-49-52-55-58-61-64-67-70-76(79)82-73-74(83-77(80)71-68-65-62-59-56-53-50-47-43-33-30-27-24-21-18-15-12-9-6-3)72-81-75(78)69-66-63-60-57-54-51-48-45-42-32-29-26-23-20-17-14-11-8-5-2/h7,10,16-21,25-30,34-35,37-38,40-41,46,49,74H,4-6,8-9,11-15,22-24,31-33,36,39,42-45,47-48,50-73H2,1-3H3/b10-7-,19-16-,20-17-,21-18-,28-25-,29-26-,30-27-,35-34-,38-37-,41-40-,49-46-. The van der Waals surface area contributed by atoms with Gasteiger partial charge in [0.25, 0.3) is 0 Å². The summed E-state index contributed by atoms with van der Waals surface area (Å²) in [4.78, 5) is 38.5. The summed E-state index contributed by atoms with van der Waals surface area (Å²) < 4.78 is 17.0. The van der Waals surface area contributed by atoms with Crippen molar-refractivity contribution in [3.8, 4) is 0 Å². The molecule has 0 aliphatic carbocycles. The first-order valence-electron chi connectivity index (χ1n) is 34.7. The number of hydrogen-bond acceptors (Lipinski definition) is 6. The molecule has 0 spiro atoms. The van der Waals surface area contributed by atoms with E-state index in [0.29, 0.717) is 19.3 Å². The smallest absolute Gasteiger partial charge is 0.306 e. The number of carbonyl (C=O) groups is 3. The van der Waals surface area contributed by atoms with Crippen LogP contribution < -0.4 is 0 Å². The minimum atomic E-state index is -0.797. The number of allylic oxidation sites excluding steroid dienone is 22. The minimum absolute atomic E-state index is 0.0908. The molecule has 472 valence electrons. The molecule has 0 aliphatic rings. The van der Waals surface area contributed by atoms with Crippen molar-refractivity contribution in [2.24, 2.45) is 0 Å². The van der Waals surface area contributed by atoms with E-state index < -0.39 is 6.10 Å². The summed E-state index contributed by atoms with van der Waals surface area (Å²) in [6, 6.07) is 0. The molecule has 0 fully saturated rings. The summed E-state index contributed by atoms with van der Waals surface area (Å²) in [7, 11) is 0. The van der Waals surface area contributed by atoms with Gasteiger partial charge in [0, 0.05) is 19.3 Å². The molecule has 6 nitrogen and oxygen atoms in total. The van der Waals surface area contributed by atoms with E-state index in [1.165, 1.54) is 141 Å². The van der Waals surface area contributed by atoms with Crippen LogP contribution in [0.25, 0.3) is 0 Å². The molecule has 0 aliphatic heterocycles. The summed E-state index contributed by atoms with van der Waals surface area (Å²) in [5.74, 6) is -0.911. The average Bonchev–Trinajstić information content (AvgIpc) is 3.50. The van der Waals surface area contributed by atoms with Crippen molar-refractivity contribution in [2.45, 2.75) is 322 Å². The van der Waals surface area contributed by atoms with Gasteiger partial charge in [0.15, 0.2) is 6.10 Å².